The van der Waals surface area contributed by atoms with Crippen LogP contribution in [0.2, 0.25) is 0 Å². The predicted octanol–water partition coefficient (Wildman–Crippen LogP) is 2.14. The quantitative estimate of drug-likeness (QED) is 0.412. The van der Waals surface area contributed by atoms with Gasteiger partial charge in [-0.25, -0.2) is 9.59 Å². The van der Waals surface area contributed by atoms with E-state index in [1.54, 1.807) is 17.0 Å². The summed E-state index contributed by atoms with van der Waals surface area (Å²) >= 11 is 0. The number of carbonyl (C=O) groups excluding carboxylic acids is 3. The Hall–Kier alpha value is -4.15. The monoisotopic (exact) mass is 442 g/mol. The average Bonchev–Trinajstić information content (AvgIpc) is 2.82. The van der Waals surface area contributed by atoms with Crippen LogP contribution in [0.5, 0.6) is 5.75 Å². The van der Waals surface area contributed by atoms with E-state index in [4.69, 9.17) is 4.74 Å². The standard InChI is InChI=1S/C21H22N4O7/c1-31-20(27)15-7-8-18(17(13-15)25(29)30)32-14-19(26)23-9-11-24(12-10-23)21(28)22-16-5-3-2-4-6-16/h2-8,13H,9-12,14H2,1H3,(H,22,28). The number of ether oxygens (including phenoxy) is 2. The lowest BCUT2D eigenvalue weighted by atomic mass is 10.2. The number of nitro groups is 1. The van der Waals surface area contributed by atoms with Crippen molar-refractivity contribution in [2.24, 2.45) is 0 Å². The maximum absolute atomic E-state index is 12.5. The number of nitrogens with zero attached hydrogens (tertiary/aromatic N) is 3. The van der Waals surface area contributed by atoms with Gasteiger partial charge in [-0.1, -0.05) is 18.2 Å². The van der Waals surface area contributed by atoms with E-state index in [0.717, 1.165) is 6.07 Å². The maximum atomic E-state index is 12.5. The van der Waals surface area contributed by atoms with Gasteiger partial charge in [0, 0.05) is 37.9 Å². The van der Waals surface area contributed by atoms with E-state index >= 15 is 0 Å². The molecule has 0 bridgehead atoms. The lowest BCUT2D eigenvalue weighted by Gasteiger charge is -2.34. The van der Waals surface area contributed by atoms with Gasteiger partial charge in [0.1, 0.15) is 0 Å². The molecule has 3 rings (SSSR count). The molecule has 1 aliphatic rings. The van der Waals surface area contributed by atoms with E-state index in [0.29, 0.717) is 31.9 Å². The van der Waals surface area contributed by atoms with E-state index in [2.05, 4.69) is 10.1 Å². The Morgan fingerprint density at radius 1 is 1.03 bits per heavy atom. The number of methoxy groups -OCH3 is 1. The molecule has 1 aliphatic heterocycles. The molecule has 168 valence electrons. The second kappa shape index (κ2) is 10.2. The first kappa shape index (κ1) is 22.5. The third-order valence-corrected chi connectivity index (χ3v) is 4.87. The number of benzene rings is 2. The van der Waals surface area contributed by atoms with Gasteiger partial charge in [0.25, 0.3) is 5.91 Å². The lowest BCUT2D eigenvalue weighted by molar-refractivity contribution is -0.385. The molecule has 1 heterocycles. The normalized spacial score (nSPS) is 13.3. The highest BCUT2D eigenvalue weighted by Gasteiger charge is 2.26. The summed E-state index contributed by atoms with van der Waals surface area (Å²) in [5.74, 6) is -1.21. The molecule has 32 heavy (non-hydrogen) atoms. The van der Waals surface area contributed by atoms with Crippen molar-refractivity contribution in [3.05, 3.63) is 64.2 Å². The molecular weight excluding hydrogens is 420 g/mol. The van der Waals surface area contributed by atoms with Crippen LogP contribution in [0.1, 0.15) is 10.4 Å². The van der Waals surface area contributed by atoms with Crippen molar-refractivity contribution in [2.75, 3.05) is 45.2 Å². The molecule has 11 heteroatoms. The Balaban J connectivity index is 1.52. The smallest absolute Gasteiger partial charge is 0.338 e. The lowest BCUT2D eigenvalue weighted by Crippen LogP contribution is -2.52. The Kier molecular flexibility index (Phi) is 7.21. The number of carbonyl (C=O) groups is 3. The minimum atomic E-state index is -0.718. The Bertz CT molecular complexity index is 1000. The summed E-state index contributed by atoms with van der Waals surface area (Å²) in [7, 11) is 1.17. The minimum Gasteiger partial charge on any atom is -0.477 e. The molecule has 3 amide bonds. The van der Waals surface area contributed by atoms with E-state index in [-0.39, 0.29) is 23.3 Å². The molecule has 2 aromatic carbocycles. The predicted molar refractivity (Wildman–Crippen MR) is 114 cm³/mol. The number of hydrogen-bond acceptors (Lipinski definition) is 7. The van der Waals surface area contributed by atoms with Crippen LogP contribution in [-0.4, -0.2) is 72.5 Å². The number of rotatable bonds is 6. The van der Waals surface area contributed by atoms with Crippen LogP contribution in [-0.2, 0) is 9.53 Å². The van der Waals surface area contributed by atoms with Gasteiger partial charge in [-0.3, -0.25) is 14.9 Å². The van der Waals surface area contributed by atoms with Crippen LogP contribution < -0.4 is 10.1 Å². The number of para-hydroxylation sites is 1. The molecule has 1 saturated heterocycles. The molecule has 0 unspecified atom stereocenters. The fraction of sp³-hybridized carbons (Fsp3) is 0.286. The SMILES string of the molecule is COC(=O)c1ccc(OCC(=O)N2CCN(C(=O)Nc3ccccc3)CC2)c([N+](=O)[O-])c1. The number of nitro benzene ring substituents is 1. The first-order valence-electron chi connectivity index (χ1n) is 9.77. The van der Waals surface area contributed by atoms with Gasteiger partial charge in [-0.2, -0.15) is 0 Å². The van der Waals surface area contributed by atoms with Gasteiger partial charge in [0.15, 0.2) is 12.4 Å². The van der Waals surface area contributed by atoms with Gasteiger partial charge in [0.05, 0.1) is 17.6 Å². The van der Waals surface area contributed by atoms with Crippen molar-refractivity contribution in [1.29, 1.82) is 0 Å². The second-order valence-electron chi connectivity index (χ2n) is 6.88. The van der Waals surface area contributed by atoms with Crippen LogP contribution in [0.3, 0.4) is 0 Å². The summed E-state index contributed by atoms with van der Waals surface area (Å²) in [6, 6.07) is 12.4. The van der Waals surface area contributed by atoms with Gasteiger partial charge in [0.2, 0.25) is 0 Å². The molecule has 2 aromatic rings. The largest absolute Gasteiger partial charge is 0.477 e. The molecule has 0 atom stereocenters. The second-order valence-corrected chi connectivity index (χ2v) is 6.88. The van der Waals surface area contributed by atoms with Gasteiger partial charge in [-0.05, 0) is 24.3 Å². The van der Waals surface area contributed by atoms with Crippen LogP contribution in [0.4, 0.5) is 16.2 Å². The number of amides is 3. The number of hydrogen-bond donors (Lipinski definition) is 1. The number of anilines is 1. The van der Waals surface area contributed by atoms with E-state index < -0.39 is 23.2 Å². The molecule has 0 saturated carbocycles. The average molecular weight is 442 g/mol. The number of nitrogens with one attached hydrogen (secondary N) is 1. The number of urea groups is 1. The molecule has 0 aromatic heterocycles. The Labute approximate surface area is 183 Å². The van der Waals surface area contributed by atoms with Gasteiger partial charge < -0.3 is 24.6 Å². The van der Waals surface area contributed by atoms with E-state index in [1.807, 2.05) is 18.2 Å². The number of piperazine rings is 1. The van der Waals surface area contributed by atoms with Crippen molar-refractivity contribution in [3.8, 4) is 5.75 Å². The van der Waals surface area contributed by atoms with Gasteiger partial charge in [-0.15, -0.1) is 0 Å². The van der Waals surface area contributed by atoms with Crippen LogP contribution in [0.25, 0.3) is 0 Å². The highest BCUT2D eigenvalue weighted by atomic mass is 16.6. The van der Waals surface area contributed by atoms with Crippen LogP contribution in [0, 0.1) is 10.1 Å². The third-order valence-electron chi connectivity index (χ3n) is 4.87. The van der Waals surface area contributed by atoms with Crippen molar-refractivity contribution < 1.29 is 28.8 Å². The Morgan fingerprint density at radius 3 is 2.31 bits per heavy atom. The third kappa shape index (κ3) is 5.50. The summed E-state index contributed by atoms with van der Waals surface area (Å²) in [4.78, 5) is 50.1. The molecular formula is C21H22N4O7. The van der Waals surface area contributed by atoms with Crippen molar-refractivity contribution >= 4 is 29.3 Å². The van der Waals surface area contributed by atoms with E-state index in [9.17, 15) is 24.5 Å². The van der Waals surface area contributed by atoms with Crippen molar-refractivity contribution in [3.63, 3.8) is 0 Å². The molecule has 11 nitrogen and oxygen atoms in total. The van der Waals surface area contributed by atoms with Crippen LogP contribution >= 0.6 is 0 Å². The topological polar surface area (TPSA) is 131 Å². The maximum Gasteiger partial charge on any atom is 0.338 e. The Morgan fingerprint density at radius 2 is 1.69 bits per heavy atom. The van der Waals surface area contributed by atoms with Crippen molar-refractivity contribution in [2.45, 2.75) is 0 Å². The summed E-state index contributed by atoms with van der Waals surface area (Å²) < 4.78 is 9.91. The fourth-order valence-electron chi connectivity index (χ4n) is 3.14. The molecule has 0 spiro atoms. The van der Waals surface area contributed by atoms with Gasteiger partial charge >= 0.3 is 17.7 Å². The molecule has 1 fully saturated rings. The zero-order valence-corrected chi connectivity index (χ0v) is 17.4. The molecule has 0 aliphatic carbocycles. The highest BCUT2D eigenvalue weighted by Crippen LogP contribution is 2.28. The first-order chi connectivity index (χ1) is 15.4. The summed E-state index contributed by atoms with van der Waals surface area (Å²) in [5, 5.41) is 14.1. The zero-order chi connectivity index (χ0) is 23.1. The molecule has 1 N–H and O–H groups in total. The van der Waals surface area contributed by atoms with Crippen molar-refractivity contribution in [1.82, 2.24) is 9.80 Å². The zero-order valence-electron chi connectivity index (χ0n) is 17.4. The van der Waals surface area contributed by atoms with E-state index in [1.165, 1.54) is 24.1 Å². The summed E-state index contributed by atoms with van der Waals surface area (Å²) in [6.07, 6.45) is 0. The molecule has 0 radical (unpaired) electrons. The minimum absolute atomic E-state index is 0.00257. The summed E-state index contributed by atoms with van der Waals surface area (Å²) in [5.41, 5.74) is 0.245. The van der Waals surface area contributed by atoms with Crippen LogP contribution in [0.15, 0.2) is 48.5 Å². The fourth-order valence-corrected chi connectivity index (χ4v) is 3.14. The number of esters is 1. The highest BCUT2D eigenvalue weighted by molar-refractivity contribution is 5.91. The summed E-state index contributed by atoms with van der Waals surface area (Å²) in [6.45, 7) is 0.910. The first-order valence-corrected chi connectivity index (χ1v) is 9.77.